The minimum atomic E-state index is 0.0589. The van der Waals surface area contributed by atoms with Crippen molar-refractivity contribution in [1.82, 2.24) is 9.55 Å². The van der Waals surface area contributed by atoms with Crippen LogP contribution in [0.1, 0.15) is 35.8 Å². The summed E-state index contributed by atoms with van der Waals surface area (Å²) in [6, 6.07) is 7.98. The zero-order valence-electron chi connectivity index (χ0n) is 15.2. The van der Waals surface area contributed by atoms with Crippen LogP contribution in [0.15, 0.2) is 29.1 Å². The largest absolute Gasteiger partial charge is 0.494 e. The fourth-order valence-electron chi connectivity index (χ4n) is 3.50. The standard InChI is InChI=1S/C20H23N3O2S/c1-3-25-14-10-8-13(9-11-14)12-21-20-22-18-17(19(24)23(20)2)15-6-4-5-7-16(15)26-18/h8-11H,3-7,12H2,1-2H3,(H,21,22). The van der Waals surface area contributed by atoms with Crippen LogP contribution in [0.2, 0.25) is 0 Å². The number of nitrogens with zero attached hydrogens (tertiary/aromatic N) is 2. The highest BCUT2D eigenvalue weighted by Gasteiger charge is 2.21. The molecule has 0 fully saturated rings. The maximum absolute atomic E-state index is 12.9. The minimum Gasteiger partial charge on any atom is -0.494 e. The van der Waals surface area contributed by atoms with Crippen LogP contribution in [0.4, 0.5) is 5.95 Å². The topological polar surface area (TPSA) is 56.1 Å². The molecular weight excluding hydrogens is 346 g/mol. The molecule has 0 atom stereocenters. The van der Waals surface area contributed by atoms with Crippen molar-refractivity contribution in [3.8, 4) is 5.75 Å². The molecule has 2 heterocycles. The second-order valence-electron chi connectivity index (χ2n) is 6.62. The molecule has 136 valence electrons. The van der Waals surface area contributed by atoms with E-state index >= 15 is 0 Å². The van der Waals surface area contributed by atoms with Crippen molar-refractivity contribution in [2.45, 2.75) is 39.2 Å². The maximum atomic E-state index is 12.9. The lowest BCUT2D eigenvalue weighted by Crippen LogP contribution is -2.22. The van der Waals surface area contributed by atoms with Gasteiger partial charge in [-0.1, -0.05) is 12.1 Å². The second kappa shape index (κ2) is 7.11. The molecule has 2 aromatic heterocycles. The number of aryl methyl sites for hydroxylation is 2. The van der Waals surface area contributed by atoms with Crippen molar-refractivity contribution >= 4 is 27.5 Å². The number of nitrogens with one attached hydrogen (secondary N) is 1. The fourth-order valence-corrected chi connectivity index (χ4v) is 4.75. The lowest BCUT2D eigenvalue weighted by Gasteiger charge is -2.12. The second-order valence-corrected chi connectivity index (χ2v) is 7.70. The van der Waals surface area contributed by atoms with Gasteiger partial charge in [0.1, 0.15) is 10.6 Å². The van der Waals surface area contributed by atoms with Crippen LogP contribution in [-0.4, -0.2) is 16.2 Å². The normalized spacial score (nSPS) is 13.6. The van der Waals surface area contributed by atoms with Crippen LogP contribution in [-0.2, 0) is 26.4 Å². The molecule has 0 amide bonds. The highest BCUT2D eigenvalue weighted by molar-refractivity contribution is 7.18. The summed E-state index contributed by atoms with van der Waals surface area (Å²) < 4.78 is 7.11. The summed E-state index contributed by atoms with van der Waals surface area (Å²) in [5, 5.41) is 4.14. The smallest absolute Gasteiger partial charge is 0.263 e. The van der Waals surface area contributed by atoms with Crippen LogP contribution >= 0.6 is 11.3 Å². The van der Waals surface area contributed by atoms with E-state index in [-0.39, 0.29) is 5.56 Å². The van der Waals surface area contributed by atoms with E-state index in [4.69, 9.17) is 9.72 Å². The zero-order chi connectivity index (χ0) is 18.1. The zero-order valence-corrected chi connectivity index (χ0v) is 16.0. The van der Waals surface area contributed by atoms with Crippen molar-refractivity contribution in [3.05, 3.63) is 50.6 Å². The first-order valence-electron chi connectivity index (χ1n) is 9.14. The number of aromatic nitrogens is 2. The van der Waals surface area contributed by atoms with Gasteiger partial charge in [-0.3, -0.25) is 9.36 Å². The number of anilines is 1. The molecule has 0 spiro atoms. The van der Waals surface area contributed by atoms with E-state index in [1.165, 1.54) is 23.3 Å². The molecule has 6 heteroatoms. The first kappa shape index (κ1) is 17.1. The number of hydrogen-bond donors (Lipinski definition) is 1. The summed E-state index contributed by atoms with van der Waals surface area (Å²) >= 11 is 1.68. The van der Waals surface area contributed by atoms with Crippen molar-refractivity contribution in [2.24, 2.45) is 7.05 Å². The molecule has 3 aromatic rings. The Hall–Kier alpha value is -2.34. The van der Waals surface area contributed by atoms with Gasteiger partial charge in [-0.25, -0.2) is 4.98 Å². The van der Waals surface area contributed by atoms with E-state index in [2.05, 4.69) is 5.32 Å². The van der Waals surface area contributed by atoms with Gasteiger partial charge in [0, 0.05) is 18.5 Å². The Morgan fingerprint density at radius 3 is 2.77 bits per heavy atom. The van der Waals surface area contributed by atoms with E-state index in [9.17, 15) is 4.79 Å². The Kier molecular flexibility index (Phi) is 4.68. The lowest BCUT2D eigenvalue weighted by molar-refractivity contribution is 0.340. The highest BCUT2D eigenvalue weighted by atomic mass is 32.1. The van der Waals surface area contributed by atoms with Gasteiger partial charge in [-0.2, -0.15) is 0 Å². The number of hydrogen-bond acceptors (Lipinski definition) is 5. The molecule has 1 aromatic carbocycles. The molecule has 1 aliphatic rings. The van der Waals surface area contributed by atoms with E-state index in [1.807, 2.05) is 31.2 Å². The molecule has 0 unspecified atom stereocenters. The van der Waals surface area contributed by atoms with Crippen molar-refractivity contribution in [2.75, 3.05) is 11.9 Å². The van der Waals surface area contributed by atoms with Gasteiger partial charge in [0.05, 0.1) is 12.0 Å². The molecule has 4 rings (SSSR count). The number of fused-ring (bicyclic) bond motifs is 3. The summed E-state index contributed by atoms with van der Waals surface area (Å²) in [4.78, 5) is 19.8. The van der Waals surface area contributed by atoms with Gasteiger partial charge >= 0.3 is 0 Å². The van der Waals surface area contributed by atoms with Crippen LogP contribution in [0.5, 0.6) is 5.75 Å². The molecule has 0 aliphatic heterocycles. The highest BCUT2D eigenvalue weighted by Crippen LogP contribution is 2.34. The number of thiophene rings is 1. The number of rotatable bonds is 5. The van der Waals surface area contributed by atoms with E-state index in [1.54, 1.807) is 23.0 Å². The van der Waals surface area contributed by atoms with Crippen LogP contribution < -0.4 is 15.6 Å². The summed E-state index contributed by atoms with van der Waals surface area (Å²) in [6.45, 7) is 3.25. The third kappa shape index (κ3) is 3.09. The third-order valence-corrected chi connectivity index (χ3v) is 6.07. The van der Waals surface area contributed by atoms with Gasteiger partial charge in [0.2, 0.25) is 5.95 Å². The summed E-state index contributed by atoms with van der Waals surface area (Å²) in [7, 11) is 1.79. The Bertz CT molecular complexity index is 989. The predicted molar refractivity (Wildman–Crippen MR) is 106 cm³/mol. The molecular formula is C20H23N3O2S. The molecule has 0 saturated carbocycles. The number of ether oxygens (including phenoxy) is 1. The minimum absolute atomic E-state index is 0.0589. The predicted octanol–water partition coefficient (Wildman–Crippen LogP) is 3.88. The van der Waals surface area contributed by atoms with Crippen LogP contribution in [0, 0.1) is 0 Å². The first-order chi connectivity index (χ1) is 12.7. The van der Waals surface area contributed by atoms with Gasteiger partial charge in [-0.15, -0.1) is 11.3 Å². The fraction of sp³-hybridized carbons (Fsp3) is 0.400. The molecule has 0 radical (unpaired) electrons. The molecule has 26 heavy (non-hydrogen) atoms. The van der Waals surface area contributed by atoms with Crippen LogP contribution in [0.3, 0.4) is 0 Å². The van der Waals surface area contributed by atoms with E-state index in [0.29, 0.717) is 19.1 Å². The molecule has 0 bridgehead atoms. The van der Waals surface area contributed by atoms with Crippen molar-refractivity contribution < 1.29 is 4.74 Å². The lowest BCUT2D eigenvalue weighted by atomic mass is 9.97. The van der Waals surface area contributed by atoms with Gasteiger partial charge < -0.3 is 10.1 Å². The average Bonchev–Trinajstić information content (AvgIpc) is 3.03. The Morgan fingerprint density at radius 2 is 2.00 bits per heavy atom. The van der Waals surface area contributed by atoms with Crippen LogP contribution in [0.25, 0.3) is 10.2 Å². The first-order valence-corrected chi connectivity index (χ1v) is 9.96. The molecule has 1 N–H and O–H groups in total. The quantitative estimate of drug-likeness (QED) is 0.741. The molecule has 0 saturated heterocycles. The van der Waals surface area contributed by atoms with Gasteiger partial charge in [0.15, 0.2) is 0 Å². The maximum Gasteiger partial charge on any atom is 0.263 e. The SMILES string of the molecule is CCOc1ccc(CNc2nc3sc4c(c3c(=O)n2C)CCCC4)cc1. The summed E-state index contributed by atoms with van der Waals surface area (Å²) in [5.74, 6) is 1.49. The van der Waals surface area contributed by atoms with Crippen molar-refractivity contribution in [3.63, 3.8) is 0 Å². The average molecular weight is 369 g/mol. The Labute approximate surface area is 156 Å². The number of benzene rings is 1. The van der Waals surface area contributed by atoms with Gasteiger partial charge in [-0.05, 0) is 55.9 Å². The third-order valence-electron chi connectivity index (χ3n) is 4.88. The molecule has 5 nitrogen and oxygen atoms in total. The summed E-state index contributed by atoms with van der Waals surface area (Å²) in [5.41, 5.74) is 2.42. The van der Waals surface area contributed by atoms with Crippen molar-refractivity contribution in [1.29, 1.82) is 0 Å². The van der Waals surface area contributed by atoms with E-state index in [0.717, 1.165) is 34.4 Å². The van der Waals surface area contributed by atoms with Gasteiger partial charge in [0.25, 0.3) is 5.56 Å². The summed E-state index contributed by atoms with van der Waals surface area (Å²) in [6.07, 6.45) is 4.46. The molecule has 1 aliphatic carbocycles. The van der Waals surface area contributed by atoms with E-state index < -0.39 is 0 Å². The Balaban J connectivity index is 1.60. The monoisotopic (exact) mass is 369 g/mol. The Morgan fingerprint density at radius 1 is 1.23 bits per heavy atom.